The van der Waals surface area contributed by atoms with Crippen LogP contribution in [0.2, 0.25) is 0 Å². The Labute approximate surface area is 82.6 Å². The zero-order valence-corrected chi connectivity index (χ0v) is 8.51. The molecule has 14 heavy (non-hydrogen) atoms. The van der Waals surface area contributed by atoms with E-state index < -0.39 is 21.9 Å². The van der Waals surface area contributed by atoms with Crippen LogP contribution in [-0.2, 0) is 0 Å². The summed E-state index contributed by atoms with van der Waals surface area (Å²) in [5.41, 5.74) is 0. The summed E-state index contributed by atoms with van der Waals surface area (Å²) in [6.45, 7) is 3.51. The first-order chi connectivity index (χ1) is 6.52. The van der Waals surface area contributed by atoms with Gasteiger partial charge >= 0.3 is 0 Å². The van der Waals surface area contributed by atoms with E-state index in [2.05, 4.69) is 0 Å². The van der Waals surface area contributed by atoms with E-state index in [1.807, 2.05) is 6.92 Å². The zero-order chi connectivity index (χ0) is 11.1. The standard InChI is InChI=1S/C8H16N2O4/c1-3-5-8(10(13)14)6-7(4-2)9(11)12/h7-8H,3-6H2,1-2H3. The summed E-state index contributed by atoms with van der Waals surface area (Å²) < 4.78 is 0. The molecule has 0 amide bonds. The van der Waals surface area contributed by atoms with E-state index in [0.717, 1.165) is 0 Å². The summed E-state index contributed by atoms with van der Waals surface area (Å²) in [6.07, 6.45) is 1.49. The first kappa shape index (κ1) is 12.8. The average Bonchev–Trinajstić information content (AvgIpc) is 2.11. The minimum absolute atomic E-state index is 0.0460. The molecule has 0 rings (SSSR count). The van der Waals surface area contributed by atoms with Gasteiger partial charge in [0.1, 0.15) is 0 Å². The molecule has 0 bridgehead atoms. The first-order valence-electron chi connectivity index (χ1n) is 4.79. The van der Waals surface area contributed by atoms with Crippen molar-refractivity contribution < 1.29 is 9.85 Å². The Morgan fingerprint density at radius 3 is 1.86 bits per heavy atom. The second-order valence-electron chi connectivity index (χ2n) is 3.31. The van der Waals surface area contributed by atoms with Crippen molar-refractivity contribution in [2.45, 2.75) is 51.6 Å². The molecule has 0 saturated heterocycles. The van der Waals surface area contributed by atoms with Crippen molar-refractivity contribution in [1.82, 2.24) is 0 Å². The third-order valence-corrected chi connectivity index (χ3v) is 2.23. The second kappa shape index (κ2) is 6.28. The Morgan fingerprint density at radius 2 is 1.57 bits per heavy atom. The lowest BCUT2D eigenvalue weighted by Crippen LogP contribution is -2.29. The SMILES string of the molecule is CCCC(CC(CC)[N+](=O)[O-])[N+](=O)[O-]. The van der Waals surface area contributed by atoms with Crippen LogP contribution in [-0.4, -0.2) is 21.9 Å². The van der Waals surface area contributed by atoms with Crippen LogP contribution in [0.5, 0.6) is 0 Å². The Bertz CT molecular complexity index is 208. The molecule has 0 aromatic rings. The molecule has 0 aromatic carbocycles. The molecule has 2 unspecified atom stereocenters. The number of hydrogen-bond donors (Lipinski definition) is 0. The monoisotopic (exact) mass is 204 g/mol. The predicted octanol–water partition coefficient (Wildman–Crippen LogP) is 1.88. The lowest BCUT2D eigenvalue weighted by molar-refractivity contribution is -0.561. The molecule has 82 valence electrons. The van der Waals surface area contributed by atoms with Crippen LogP contribution in [0.15, 0.2) is 0 Å². The zero-order valence-electron chi connectivity index (χ0n) is 8.51. The van der Waals surface area contributed by atoms with Crippen LogP contribution in [0.4, 0.5) is 0 Å². The van der Waals surface area contributed by atoms with E-state index >= 15 is 0 Å². The summed E-state index contributed by atoms with van der Waals surface area (Å²) in [4.78, 5) is 20.2. The second-order valence-corrected chi connectivity index (χ2v) is 3.31. The van der Waals surface area contributed by atoms with Crippen molar-refractivity contribution in [1.29, 1.82) is 0 Å². The van der Waals surface area contributed by atoms with Gasteiger partial charge in [0.15, 0.2) is 0 Å². The van der Waals surface area contributed by atoms with Gasteiger partial charge in [-0.25, -0.2) is 0 Å². The molecule has 0 saturated carbocycles. The van der Waals surface area contributed by atoms with Crippen molar-refractivity contribution in [2.24, 2.45) is 0 Å². The Balaban J connectivity index is 4.25. The average molecular weight is 204 g/mol. The third kappa shape index (κ3) is 4.15. The third-order valence-electron chi connectivity index (χ3n) is 2.23. The predicted molar refractivity (Wildman–Crippen MR) is 51.4 cm³/mol. The molecule has 0 fully saturated rings. The number of hydrogen-bond acceptors (Lipinski definition) is 4. The van der Waals surface area contributed by atoms with E-state index in [1.165, 1.54) is 0 Å². The van der Waals surface area contributed by atoms with Gasteiger partial charge in [0.05, 0.1) is 6.42 Å². The van der Waals surface area contributed by atoms with Crippen LogP contribution >= 0.6 is 0 Å². The normalized spacial score (nSPS) is 14.7. The van der Waals surface area contributed by atoms with Crippen molar-refractivity contribution in [3.05, 3.63) is 20.2 Å². The topological polar surface area (TPSA) is 86.3 Å². The highest BCUT2D eigenvalue weighted by Gasteiger charge is 2.29. The van der Waals surface area contributed by atoms with E-state index in [1.54, 1.807) is 6.92 Å². The van der Waals surface area contributed by atoms with Crippen LogP contribution in [0, 0.1) is 20.2 Å². The highest BCUT2D eigenvalue weighted by molar-refractivity contribution is 4.63. The number of nitro groups is 2. The number of nitrogens with zero attached hydrogens (tertiary/aromatic N) is 2. The summed E-state index contributed by atoms with van der Waals surface area (Å²) in [7, 11) is 0. The van der Waals surface area contributed by atoms with Crippen LogP contribution < -0.4 is 0 Å². The Morgan fingerprint density at radius 1 is 1.07 bits per heavy atom. The van der Waals surface area contributed by atoms with Gasteiger partial charge in [-0.05, 0) is 6.42 Å². The van der Waals surface area contributed by atoms with Crippen molar-refractivity contribution in [3.8, 4) is 0 Å². The molecule has 0 aliphatic carbocycles. The largest absolute Gasteiger partial charge is 0.264 e. The van der Waals surface area contributed by atoms with Gasteiger partial charge in [-0.3, -0.25) is 20.2 Å². The highest BCUT2D eigenvalue weighted by Crippen LogP contribution is 2.12. The van der Waals surface area contributed by atoms with Crippen molar-refractivity contribution >= 4 is 0 Å². The maximum Gasteiger partial charge on any atom is 0.219 e. The molecular weight excluding hydrogens is 188 g/mol. The minimum atomic E-state index is -0.781. The Kier molecular flexibility index (Phi) is 5.74. The highest BCUT2D eigenvalue weighted by atomic mass is 16.6. The molecule has 0 aromatic heterocycles. The van der Waals surface area contributed by atoms with Gasteiger partial charge in [-0.1, -0.05) is 13.8 Å². The molecule has 2 atom stereocenters. The quantitative estimate of drug-likeness (QED) is 0.468. The first-order valence-corrected chi connectivity index (χ1v) is 4.79. The minimum Gasteiger partial charge on any atom is -0.264 e. The van der Waals surface area contributed by atoms with Crippen LogP contribution in [0.1, 0.15) is 39.5 Å². The molecule has 0 aliphatic rings. The molecule has 0 N–H and O–H groups in total. The molecular formula is C8H16N2O4. The number of rotatable bonds is 7. The van der Waals surface area contributed by atoms with Gasteiger partial charge in [-0.2, -0.15) is 0 Å². The van der Waals surface area contributed by atoms with E-state index in [4.69, 9.17) is 0 Å². The molecule has 0 spiro atoms. The summed E-state index contributed by atoms with van der Waals surface area (Å²) >= 11 is 0. The fourth-order valence-electron chi connectivity index (χ4n) is 1.36. The maximum atomic E-state index is 10.5. The summed E-state index contributed by atoms with van der Waals surface area (Å²) in [6, 6.07) is -1.55. The van der Waals surface area contributed by atoms with E-state index in [0.29, 0.717) is 19.3 Å². The fourth-order valence-corrected chi connectivity index (χ4v) is 1.36. The molecule has 6 heteroatoms. The molecule has 6 nitrogen and oxygen atoms in total. The molecule has 0 heterocycles. The van der Waals surface area contributed by atoms with Gasteiger partial charge in [0.25, 0.3) is 0 Å². The lowest BCUT2D eigenvalue weighted by atomic mass is 10.0. The maximum absolute atomic E-state index is 10.5. The smallest absolute Gasteiger partial charge is 0.219 e. The van der Waals surface area contributed by atoms with Gasteiger partial charge < -0.3 is 0 Å². The van der Waals surface area contributed by atoms with Crippen molar-refractivity contribution in [3.63, 3.8) is 0 Å². The van der Waals surface area contributed by atoms with E-state index in [9.17, 15) is 20.2 Å². The van der Waals surface area contributed by atoms with Gasteiger partial charge in [0.2, 0.25) is 12.1 Å². The van der Waals surface area contributed by atoms with Gasteiger partial charge in [-0.15, -0.1) is 0 Å². The Hall–Kier alpha value is -1.20. The van der Waals surface area contributed by atoms with E-state index in [-0.39, 0.29) is 6.42 Å². The molecule has 0 aliphatic heterocycles. The fraction of sp³-hybridized carbons (Fsp3) is 1.00. The molecule has 0 radical (unpaired) electrons. The van der Waals surface area contributed by atoms with Crippen LogP contribution in [0.3, 0.4) is 0 Å². The summed E-state index contributed by atoms with van der Waals surface area (Å²) in [5.74, 6) is 0. The van der Waals surface area contributed by atoms with Crippen molar-refractivity contribution in [2.75, 3.05) is 0 Å². The summed E-state index contributed by atoms with van der Waals surface area (Å²) in [5, 5.41) is 21.0. The van der Waals surface area contributed by atoms with Gasteiger partial charge in [0, 0.05) is 22.7 Å². The van der Waals surface area contributed by atoms with Crippen LogP contribution in [0.25, 0.3) is 0 Å². The lowest BCUT2D eigenvalue weighted by Gasteiger charge is -2.10.